The van der Waals surface area contributed by atoms with E-state index in [1.54, 1.807) is 7.11 Å². The quantitative estimate of drug-likeness (QED) is 0.588. The van der Waals surface area contributed by atoms with Crippen LogP contribution in [0.25, 0.3) is 0 Å². The Morgan fingerprint density at radius 1 is 1.64 bits per heavy atom. The third-order valence-corrected chi connectivity index (χ3v) is 1.48. The van der Waals surface area contributed by atoms with Gasteiger partial charge in [0, 0.05) is 20.2 Å². The van der Waals surface area contributed by atoms with Gasteiger partial charge in [0.05, 0.1) is 18.6 Å². The fourth-order valence-corrected chi connectivity index (χ4v) is 0.847. The molecular formula is C8H16N2O. The van der Waals surface area contributed by atoms with Crippen molar-refractivity contribution in [2.45, 2.75) is 6.92 Å². The lowest BCUT2D eigenvalue weighted by molar-refractivity contribution is 0.157. The minimum absolute atomic E-state index is 0.108. The van der Waals surface area contributed by atoms with E-state index in [1.807, 2.05) is 14.0 Å². The summed E-state index contributed by atoms with van der Waals surface area (Å²) in [5.41, 5.74) is 0. The van der Waals surface area contributed by atoms with E-state index >= 15 is 0 Å². The Morgan fingerprint density at radius 2 is 2.27 bits per heavy atom. The molecule has 3 nitrogen and oxygen atoms in total. The smallest absolute Gasteiger partial charge is 0.0666 e. The monoisotopic (exact) mass is 156 g/mol. The Hall–Kier alpha value is -0.590. The third kappa shape index (κ3) is 5.84. The van der Waals surface area contributed by atoms with Gasteiger partial charge in [0.25, 0.3) is 0 Å². The number of nitriles is 1. The second-order valence-electron chi connectivity index (χ2n) is 2.79. The van der Waals surface area contributed by atoms with E-state index < -0.39 is 0 Å². The van der Waals surface area contributed by atoms with E-state index in [0.29, 0.717) is 0 Å². The highest BCUT2D eigenvalue weighted by atomic mass is 16.5. The Kier molecular flexibility index (Phi) is 5.81. The highest BCUT2D eigenvalue weighted by molar-refractivity contribution is 4.80. The van der Waals surface area contributed by atoms with Gasteiger partial charge in [-0.25, -0.2) is 0 Å². The molecule has 0 rings (SSSR count). The first-order valence-electron chi connectivity index (χ1n) is 3.77. The van der Waals surface area contributed by atoms with Gasteiger partial charge < -0.3 is 9.64 Å². The fourth-order valence-electron chi connectivity index (χ4n) is 0.847. The molecule has 0 aliphatic carbocycles. The van der Waals surface area contributed by atoms with Crippen LogP contribution < -0.4 is 0 Å². The molecule has 0 radical (unpaired) electrons. The predicted octanol–water partition coefficient (Wildman–Crippen LogP) is 0.724. The molecule has 0 aliphatic rings. The van der Waals surface area contributed by atoms with Gasteiger partial charge in [-0.15, -0.1) is 0 Å². The van der Waals surface area contributed by atoms with Gasteiger partial charge in [-0.2, -0.15) is 5.26 Å². The topological polar surface area (TPSA) is 36.3 Å². The van der Waals surface area contributed by atoms with E-state index in [9.17, 15) is 0 Å². The molecule has 0 aromatic carbocycles. The normalized spacial score (nSPS) is 13.0. The molecular weight excluding hydrogens is 140 g/mol. The molecule has 0 aliphatic heterocycles. The number of ether oxygens (including phenoxy) is 1. The van der Waals surface area contributed by atoms with Gasteiger partial charge in [0.2, 0.25) is 0 Å². The number of nitrogens with zero attached hydrogens (tertiary/aromatic N) is 2. The Bertz CT molecular complexity index is 131. The van der Waals surface area contributed by atoms with Crippen LogP contribution in [0.3, 0.4) is 0 Å². The second-order valence-corrected chi connectivity index (χ2v) is 2.79. The van der Waals surface area contributed by atoms with Crippen LogP contribution in [-0.2, 0) is 4.74 Å². The molecule has 64 valence electrons. The van der Waals surface area contributed by atoms with Gasteiger partial charge in [-0.1, -0.05) is 0 Å². The van der Waals surface area contributed by atoms with Crippen LogP contribution in [0.4, 0.5) is 0 Å². The molecule has 0 saturated heterocycles. The zero-order valence-corrected chi connectivity index (χ0v) is 7.50. The molecule has 11 heavy (non-hydrogen) atoms. The van der Waals surface area contributed by atoms with Crippen LogP contribution in [-0.4, -0.2) is 38.8 Å². The maximum atomic E-state index is 8.50. The highest BCUT2D eigenvalue weighted by Gasteiger charge is 2.03. The lowest BCUT2D eigenvalue weighted by Crippen LogP contribution is -2.27. The van der Waals surface area contributed by atoms with Crippen molar-refractivity contribution < 1.29 is 4.74 Å². The second kappa shape index (κ2) is 6.14. The molecule has 0 aromatic rings. The fraction of sp³-hybridized carbons (Fsp3) is 0.875. The molecule has 0 bridgehead atoms. The van der Waals surface area contributed by atoms with Gasteiger partial charge in [-0.3, -0.25) is 0 Å². The predicted molar refractivity (Wildman–Crippen MR) is 44.2 cm³/mol. The van der Waals surface area contributed by atoms with Crippen molar-refractivity contribution in [1.82, 2.24) is 4.90 Å². The highest BCUT2D eigenvalue weighted by Crippen LogP contribution is 1.94. The van der Waals surface area contributed by atoms with Gasteiger partial charge in [0.1, 0.15) is 0 Å². The number of rotatable bonds is 5. The van der Waals surface area contributed by atoms with Crippen molar-refractivity contribution in [3.05, 3.63) is 0 Å². The van der Waals surface area contributed by atoms with Crippen LogP contribution in [0, 0.1) is 17.2 Å². The molecule has 0 saturated carbocycles. The first-order valence-corrected chi connectivity index (χ1v) is 3.77. The maximum absolute atomic E-state index is 8.50. The molecule has 0 spiro atoms. The van der Waals surface area contributed by atoms with Crippen LogP contribution in [0.5, 0.6) is 0 Å². The van der Waals surface area contributed by atoms with Crippen LogP contribution >= 0.6 is 0 Å². The summed E-state index contributed by atoms with van der Waals surface area (Å²) in [6.07, 6.45) is 0. The summed E-state index contributed by atoms with van der Waals surface area (Å²) in [5, 5.41) is 8.50. The number of methoxy groups -OCH3 is 1. The molecule has 1 atom stereocenters. The number of likely N-dealkylation sites (N-methyl/N-ethyl adjacent to an activating group) is 1. The lowest BCUT2D eigenvalue weighted by Gasteiger charge is -2.16. The van der Waals surface area contributed by atoms with E-state index in [2.05, 4.69) is 11.0 Å². The van der Waals surface area contributed by atoms with Crippen LogP contribution in [0.1, 0.15) is 6.92 Å². The van der Waals surface area contributed by atoms with Gasteiger partial charge >= 0.3 is 0 Å². The largest absolute Gasteiger partial charge is 0.383 e. The average molecular weight is 156 g/mol. The van der Waals surface area contributed by atoms with Gasteiger partial charge in [-0.05, 0) is 14.0 Å². The van der Waals surface area contributed by atoms with Crippen molar-refractivity contribution >= 4 is 0 Å². The standard InChI is InChI=1S/C8H16N2O/c1-8(6-9)7-10(2)4-5-11-3/h8H,4-5,7H2,1-3H3. The summed E-state index contributed by atoms with van der Waals surface area (Å²) >= 11 is 0. The minimum atomic E-state index is 0.108. The molecule has 0 amide bonds. The molecule has 0 N–H and O–H groups in total. The number of hydrogen-bond donors (Lipinski definition) is 0. The molecule has 1 unspecified atom stereocenters. The first-order chi connectivity index (χ1) is 5.20. The van der Waals surface area contributed by atoms with Crippen LogP contribution in [0.15, 0.2) is 0 Å². The summed E-state index contributed by atoms with van der Waals surface area (Å²) in [7, 11) is 3.68. The average Bonchev–Trinajstić information content (AvgIpc) is 2.00. The Labute approximate surface area is 68.6 Å². The maximum Gasteiger partial charge on any atom is 0.0666 e. The van der Waals surface area contributed by atoms with Crippen molar-refractivity contribution in [3.63, 3.8) is 0 Å². The lowest BCUT2D eigenvalue weighted by atomic mass is 10.2. The van der Waals surface area contributed by atoms with Gasteiger partial charge in [0.15, 0.2) is 0 Å². The van der Waals surface area contributed by atoms with Crippen molar-refractivity contribution in [3.8, 4) is 6.07 Å². The summed E-state index contributed by atoms with van der Waals surface area (Å²) in [6.45, 7) is 4.36. The molecule has 0 fully saturated rings. The minimum Gasteiger partial charge on any atom is -0.383 e. The SMILES string of the molecule is COCCN(C)CC(C)C#N. The Balaban J connectivity index is 3.37. The summed E-state index contributed by atoms with van der Waals surface area (Å²) in [6, 6.07) is 2.19. The van der Waals surface area contributed by atoms with Crippen molar-refractivity contribution in [2.24, 2.45) is 5.92 Å². The molecule has 3 heteroatoms. The summed E-state index contributed by atoms with van der Waals surface area (Å²) < 4.78 is 4.90. The van der Waals surface area contributed by atoms with E-state index in [0.717, 1.165) is 19.7 Å². The first kappa shape index (κ1) is 10.4. The number of hydrogen-bond acceptors (Lipinski definition) is 3. The summed E-state index contributed by atoms with van der Waals surface area (Å²) in [5.74, 6) is 0.108. The zero-order chi connectivity index (χ0) is 8.69. The van der Waals surface area contributed by atoms with E-state index in [4.69, 9.17) is 10.00 Å². The van der Waals surface area contributed by atoms with E-state index in [1.165, 1.54) is 0 Å². The third-order valence-electron chi connectivity index (χ3n) is 1.48. The van der Waals surface area contributed by atoms with Crippen LogP contribution in [0.2, 0.25) is 0 Å². The van der Waals surface area contributed by atoms with E-state index in [-0.39, 0.29) is 5.92 Å². The molecule has 0 heterocycles. The summed E-state index contributed by atoms with van der Waals surface area (Å²) in [4.78, 5) is 2.09. The van der Waals surface area contributed by atoms with Crippen molar-refractivity contribution in [2.75, 3.05) is 33.9 Å². The van der Waals surface area contributed by atoms with Crippen molar-refractivity contribution in [1.29, 1.82) is 5.26 Å². The molecule has 0 aromatic heterocycles. The Morgan fingerprint density at radius 3 is 2.73 bits per heavy atom. The zero-order valence-electron chi connectivity index (χ0n) is 7.50.